The second kappa shape index (κ2) is 9.04. The van der Waals surface area contributed by atoms with E-state index >= 15 is 0 Å². The normalized spacial score (nSPS) is 17.6. The first-order chi connectivity index (χ1) is 12.9. The smallest absolute Gasteiger partial charge is 0.215 e. The van der Waals surface area contributed by atoms with Gasteiger partial charge in [0.15, 0.2) is 0 Å². The summed E-state index contributed by atoms with van der Waals surface area (Å²) in [7, 11) is -1.35. The Labute approximate surface area is 163 Å². The highest BCUT2D eigenvalue weighted by Gasteiger charge is 2.25. The van der Waals surface area contributed by atoms with Crippen LogP contribution in [0, 0.1) is 6.92 Å². The highest BCUT2D eigenvalue weighted by molar-refractivity contribution is 7.88. The number of nitrogens with zero attached hydrogens (tertiary/aromatic N) is 2. The van der Waals surface area contributed by atoms with Crippen LogP contribution in [0.15, 0.2) is 42.6 Å². The van der Waals surface area contributed by atoms with Gasteiger partial charge in [-0.3, -0.25) is 4.90 Å². The standard InChI is InChI=1S/C21H31N3O2S/c1-18-9-11-19(12-10-18)17-27(25,26)22-16-21(20-8-7-13-23(20)2)24-14-5-3-4-6-15-24/h7-13,21-22H,3-6,14-17H2,1-2H3. The van der Waals surface area contributed by atoms with Crippen molar-refractivity contribution in [3.63, 3.8) is 0 Å². The molecule has 1 aromatic carbocycles. The summed E-state index contributed by atoms with van der Waals surface area (Å²) in [4.78, 5) is 2.44. The van der Waals surface area contributed by atoms with E-state index in [1.165, 1.54) is 25.7 Å². The molecule has 3 rings (SSSR count). The molecule has 0 aliphatic carbocycles. The lowest BCUT2D eigenvalue weighted by molar-refractivity contribution is 0.199. The molecule has 0 radical (unpaired) electrons. The Hall–Kier alpha value is -1.63. The quantitative estimate of drug-likeness (QED) is 0.790. The van der Waals surface area contributed by atoms with Crippen LogP contribution in [0.2, 0.25) is 0 Å². The molecule has 1 saturated heterocycles. The van der Waals surface area contributed by atoms with Gasteiger partial charge in [0.25, 0.3) is 0 Å². The maximum Gasteiger partial charge on any atom is 0.215 e. The lowest BCUT2D eigenvalue weighted by Crippen LogP contribution is -2.39. The van der Waals surface area contributed by atoms with E-state index in [-0.39, 0.29) is 11.8 Å². The van der Waals surface area contributed by atoms with Crippen LogP contribution in [0.5, 0.6) is 0 Å². The number of sulfonamides is 1. The number of rotatable bonds is 7. The Morgan fingerprint density at radius 1 is 1.04 bits per heavy atom. The molecule has 6 heteroatoms. The third kappa shape index (κ3) is 5.67. The minimum Gasteiger partial charge on any atom is -0.353 e. The minimum absolute atomic E-state index is 0.0210. The summed E-state index contributed by atoms with van der Waals surface area (Å²) in [6.07, 6.45) is 6.90. The van der Waals surface area contributed by atoms with Crippen LogP contribution >= 0.6 is 0 Å². The minimum atomic E-state index is -3.38. The van der Waals surface area contributed by atoms with Crippen LogP contribution in [-0.4, -0.2) is 37.5 Å². The molecule has 148 valence electrons. The monoisotopic (exact) mass is 389 g/mol. The van der Waals surface area contributed by atoms with Crippen molar-refractivity contribution in [3.8, 4) is 0 Å². The first-order valence-electron chi connectivity index (χ1n) is 9.83. The highest BCUT2D eigenvalue weighted by Crippen LogP contribution is 2.24. The molecule has 2 heterocycles. The largest absolute Gasteiger partial charge is 0.353 e. The summed E-state index contributed by atoms with van der Waals surface area (Å²) in [6, 6.07) is 11.9. The first kappa shape index (κ1) is 20.1. The summed E-state index contributed by atoms with van der Waals surface area (Å²) in [5, 5.41) is 0. The second-order valence-electron chi connectivity index (χ2n) is 7.60. The van der Waals surface area contributed by atoms with Crippen LogP contribution < -0.4 is 4.72 Å². The molecule has 1 aliphatic rings. The van der Waals surface area contributed by atoms with Gasteiger partial charge in [-0.25, -0.2) is 13.1 Å². The van der Waals surface area contributed by atoms with Crippen molar-refractivity contribution in [3.05, 3.63) is 59.4 Å². The number of hydrogen-bond donors (Lipinski definition) is 1. The lowest BCUT2D eigenvalue weighted by Gasteiger charge is -2.31. The third-order valence-electron chi connectivity index (χ3n) is 5.38. The van der Waals surface area contributed by atoms with E-state index < -0.39 is 10.0 Å². The van der Waals surface area contributed by atoms with Gasteiger partial charge >= 0.3 is 0 Å². The summed E-state index contributed by atoms with van der Waals surface area (Å²) in [5.74, 6) is 0.0210. The van der Waals surface area contributed by atoms with Gasteiger partial charge < -0.3 is 4.57 Å². The Morgan fingerprint density at radius 2 is 1.70 bits per heavy atom. The maximum atomic E-state index is 12.7. The molecule has 0 amide bonds. The van der Waals surface area contributed by atoms with Crippen LogP contribution in [0.1, 0.15) is 48.5 Å². The molecule has 2 aromatic rings. The number of aryl methyl sites for hydroxylation is 2. The molecule has 27 heavy (non-hydrogen) atoms. The molecule has 1 fully saturated rings. The fraction of sp³-hybridized carbons (Fsp3) is 0.524. The fourth-order valence-corrected chi connectivity index (χ4v) is 4.95. The number of aromatic nitrogens is 1. The molecule has 5 nitrogen and oxygen atoms in total. The number of hydrogen-bond acceptors (Lipinski definition) is 3. The first-order valence-corrected chi connectivity index (χ1v) is 11.5. The predicted molar refractivity (Wildman–Crippen MR) is 110 cm³/mol. The molecule has 0 bridgehead atoms. The second-order valence-corrected chi connectivity index (χ2v) is 9.41. The fourth-order valence-electron chi connectivity index (χ4n) is 3.81. The zero-order valence-corrected chi connectivity index (χ0v) is 17.2. The molecule has 1 unspecified atom stereocenters. The molecule has 1 atom stereocenters. The van der Waals surface area contributed by atoms with Crippen molar-refractivity contribution in [2.24, 2.45) is 7.05 Å². The number of likely N-dealkylation sites (tertiary alicyclic amines) is 1. The van der Waals surface area contributed by atoms with Gasteiger partial charge in [0.1, 0.15) is 0 Å². The molecule has 0 spiro atoms. The Balaban J connectivity index is 1.71. The van der Waals surface area contributed by atoms with Crippen molar-refractivity contribution in [2.75, 3.05) is 19.6 Å². The summed E-state index contributed by atoms with van der Waals surface area (Å²) >= 11 is 0. The average Bonchev–Trinajstić information content (AvgIpc) is 2.88. The molecule has 1 aromatic heterocycles. The van der Waals surface area contributed by atoms with Gasteiger partial charge in [0.2, 0.25) is 10.0 Å². The van der Waals surface area contributed by atoms with Crippen LogP contribution in [0.3, 0.4) is 0 Å². The number of benzene rings is 1. The zero-order valence-electron chi connectivity index (χ0n) is 16.4. The van der Waals surface area contributed by atoms with Gasteiger partial charge in [-0.2, -0.15) is 0 Å². The van der Waals surface area contributed by atoms with E-state index in [1.807, 2.05) is 50.5 Å². The van der Waals surface area contributed by atoms with Crippen molar-refractivity contribution >= 4 is 10.0 Å². The third-order valence-corrected chi connectivity index (χ3v) is 6.70. The Bertz CT molecular complexity index is 819. The van der Waals surface area contributed by atoms with Crippen LogP contribution in [0.25, 0.3) is 0 Å². The van der Waals surface area contributed by atoms with E-state index in [4.69, 9.17) is 0 Å². The van der Waals surface area contributed by atoms with E-state index in [1.54, 1.807) is 0 Å². The topological polar surface area (TPSA) is 54.3 Å². The summed E-state index contributed by atoms with van der Waals surface area (Å²) in [5.41, 5.74) is 3.11. The molecule has 1 N–H and O–H groups in total. The molecule has 1 aliphatic heterocycles. The van der Waals surface area contributed by atoms with Crippen LogP contribution in [-0.2, 0) is 22.8 Å². The van der Waals surface area contributed by atoms with Gasteiger partial charge in [-0.15, -0.1) is 0 Å². The van der Waals surface area contributed by atoms with E-state index in [9.17, 15) is 8.42 Å². The molecular formula is C21H31N3O2S. The summed E-state index contributed by atoms with van der Waals surface area (Å²) < 4.78 is 30.3. The van der Waals surface area contributed by atoms with Gasteiger partial charge in [0, 0.05) is 25.5 Å². The van der Waals surface area contributed by atoms with Crippen LogP contribution in [0.4, 0.5) is 0 Å². The zero-order chi connectivity index (χ0) is 19.3. The average molecular weight is 390 g/mol. The van der Waals surface area contributed by atoms with Crippen molar-refractivity contribution in [1.29, 1.82) is 0 Å². The SMILES string of the molecule is Cc1ccc(CS(=O)(=O)NCC(c2cccn2C)N2CCCCCC2)cc1. The van der Waals surface area contributed by atoms with Gasteiger partial charge in [-0.1, -0.05) is 42.7 Å². The Kier molecular flexibility index (Phi) is 6.73. The van der Waals surface area contributed by atoms with E-state index in [0.29, 0.717) is 6.54 Å². The Morgan fingerprint density at radius 3 is 2.30 bits per heavy atom. The van der Waals surface area contributed by atoms with E-state index in [0.717, 1.165) is 29.9 Å². The maximum absolute atomic E-state index is 12.7. The lowest BCUT2D eigenvalue weighted by atomic mass is 10.1. The van der Waals surface area contributed by atoms with Crippen molar-refractivity contribution in [1.82, 2.24) is 14.2 Å². The van der Waals surface area contributed by atoms with Gasteiger partial charge in [0.05, 0.1) is 11.8 Å². The summed E-state index contributed by atoms with van der Waals surface area (Å²) in [6.45, 7) is 4.46. The molecule has 0 saturated carbocycles. The van der Waals surface area contributed by atoms with E-state index in [2.05, 4.69) is 20.3 Å². The van der Waals surface area contributed by atoms with Gasteiger partial charge in [-0.05, 0) is 50.6 Å². The van der Waals surface area contributed by atoms with Crippen molar-refractivity contribution < 1.29 is 8.42 Å². The van der Waals surface area contributed by atoms with Crippen molar-refractivity contribution in [2.45, 2.75) is 44.4 Å². The highest BCUT2D eigenvalue weighted by atomic mass is 32.2. The predicted octanol–water partition coefficient (Wildman–Crippen LogP) is 3.37. The number of nitrogens with one attached hydrogen (secondary N) is 1. The molecular weight excluding hydrogens is 358 g/mol.